The van der Waals surface area contributed by atoms with Gasteiger partial charge in [0.05, 0.1) is 12.1 Å². The highest BCUT2D eigenvalue weighted by atomic mass is 16.5. The second kappa shape index (κ2) is 7.60. The van der Waals surface area contributed by atoms with Crippen LogP contribution in [0.15, 0.2) is 18.3 Å². The summed E-state index contributed by atoms with van der Waals surface area (Å²) in [4.78, 5) is 16.5. The molecule has 1 aliphatic heterocycles. The van der Waals surface area contributed by atoms with Gasteiger partial charge in [0.25, 0.3) is 0 Å². The molecule has 0 unspecified atom stereocenters. The van der Waals surface area contributed by atoms with Crippen LogP contribution in [-0.4, -0.2) is 35.9 Å². The molecule has 2 N–H and O–H groups in total. The average molecular weight is 345 g/mol. The van der Waals surface area contributed by atoms with Crippen molar-refractivity contribution in [2.45, 2.75) is 69.7 Å². The average Bonchev–Trinajstić information content (AvgIpc) is 3.14. The number of carbonyl (C=O) groups excluding carboxylic acids is 1. The Kier molecular flexibility index (Phi) is 5.06. The van der Waals surface area contributed by atoms with Gasteiger partial charge in [0.2, 0.25) is 5.88 Å². The summed E-state index contributed by atoms with van der Waals surface area (Å²) in [5.41, 5.74) is 0.968. The van der Waals surface area contributed by atoms with E-state index in [1.165, 1.54) is 25.7 Å². The minimum Gasteiger partial charge on any atom is -0.474 e. The van der Waals surface area contributed by atoms with Crippen molar-refractivity contribution in [2.75, 3.05) is 6.61 Å². The van der Waals surface area contributed by atoms with Gasteiger partial charge < -0.3 is 20.1 Å². The first kappa shape index (κ1) is 16.6. The van der Waals surface area contributed by atoms with Gasteiger partial charge >= 0.3 is 6.03 Å². The van der Waals surface area contributed by atoms with Crippen LogP contribution in [0.2, 0.25) is 0 Å². The molecule has 0 aromatic carbocycles. The van der Waals surface area contributed by atoms with Gasteiger partial charge in [-0.15, -0.1) is 0 Å². The molecular formula is C19H27N3O3. The summed E-state index contributed by atoms with van der Waals surface area (Å²) in [7, 11) is 0. The summed E-state index contributed by atoms with van der Waals surface area (Å²) in [6.07, 6.45) is 10.4. The van der Waals surface area contributed by atoms with Crippen LogP contribution in [-0.2, 0) is 11.3 Å². The monoisotopic (exact) mass is 345 g/mol. The predicted molar refractivity (Wildman–Crippen MR) is 93.4 cm³/mol. The number of carbonyl (C=O) groups is 1. The third kappa shape index (κ3) is 4.42. The highest BCUT2D eigenvalue weighted by Crippen LogP contribution is 2.38. The Morgan fingerprint density at radius 1 is 1.20 bits per heavy atom. The van der Waals surface area contributed by atoms with E-state index >= 15 is 0 Å². The number of hydrogen-bond acceptors (Lipinski definition) is 4. The number of nitrogens with zero attached hydrogens (tertiary/aromatic N) is 1. The van der Waals surface area contributed by atoms with Gasteiger partial charge in [0.15, 0.2) is 0 Å². The molecule has 4 rings (SSSR count). The van der Waals surface area contributed by atoms with Gasteiger partial charge in [-0.05, 0) is 56.4 Å². The van der Waals surface area contributed by atoms with Gasteiger partial charge in [-0.2, -0.15) is 0 Å². The zero-order chi connectivity index (χ0) is 17.1. The normalized spacial score (nSPS) is 26.6. The Hall–Kier alpha value is -1.82. The first-order valence-electron chi connectivity index (χ1n) is 9.55. The quantitative estimate of drug-likeness (QED) is 0.831. The Morgan fingerprint density at radius 2 is 2.04 bits per heavy atom. The minimum absolute atomic E-state index is 0.132. The van der Waals surface area contributed by atoms with E-state index in [1.54, 1.807) is 6.20 Å². The molecule has 2 heterocycles. The van der Waals surface area contributed by atoms with Crippen LogP contribution in [0.1, 0.15) is 50.5 Å². The number of hydrogen-bond donors (Lipinski definition) is 2. The van der Waals surface area contributed by atoms with Gasteiger partial charge in [-0.25, -0.2) is 9.78 Å². The standard InChI is InChI=1S/C19H27N3O3/c23-19(22-16-9-10-24-18(16)14-6-7-14)21-12-13-5-8-17(20-11-13)25-15-3-1-2-4-15/h5,8,11,14-16,18H,1-4,6-7,9-10,12H2,(H2,21,22,23)/t16-,18-/m1/s1. The summed E-state index contributed by atoms with van der Waals surface area (Å²) in [5, 5.41) is 5.97. The Morgan fingerprint density at radius 3 is 2.76 bits per heavy atom. The van der Waals surface area contributed by atoms with E-state index in [1.807, 2.05) is 12.1 Å². The second-order valence-corrected chi connectivity index (χ2v) is 7.42. The Labute approximate surface area is 148 Å². The lowest BCUT2D eigenvalue weighted by Gasteiger charge is -2.19. The first-order chi connectivity index (χ1) is 12.3. The maximum Gasteiger partial charge on any atom is 0.315 e. The van der Waals surface area contributed by atoms with E-state index in [0.717, 1.165) is 31.4 Å². The van der Waals surface area contributed by atoms with Crippen molar-refractivity contribution in [1.29, 1.82) is 0 Å². The van der Waals surface area contributed by atoms with Gasteiger partial charge in [-0.1, -0.05) is 6.07 Å². The number of nitrogens with one attached hydrogen (secondary N) is 2. The largest absolute Gasteiger partial charge is 0.474 e. The number of rotatable bonds is 6. The maximum atomic E-state index is 12.1. The highest BCUT2D eigenvalue weighted by molar-refractivity contribution is 5.74. The Balaban J connectivity index is 1.21. The molecule has 136 valence electrons. The van der Waals surface area contributed by atoms with Crippen molar-refractivity contribution in [3.05, 3.63) is 23.9 Å². The second-order valence-electron chi connectivity index (χ2n) is 7.42. The molecule has 25 heavy (non-hydrogen) atoms. The molecule has 0 bridgehead atoms. The fourth-order valence-electron chi connectivity index (χ4n) is 3.82. The molecule has 0 spiro atoms. The molecule has 6 heteroatoms. The summed E-state index contributed by atoms with van der Waals surface area (Å²) >= 11 is 0. The summed E-state index contributed by atoms with van der Waals surface area (Å²) < 4.78 is 11.6. The lowest BCUT2D eigenvalue weighted by Crippen LogP contribution is -2.46. The van der Waals surface area contributed by atoms with Gasteiger partial charge in [0, 0.05) is 25.4 Å². The first-order valence-corrected chi connectivity index (χ1v) is 9.55. The number of amides is 2. The molecule has 2 saturated carbocycles. The van der Waals surface area contributed by atoms with Crippen molar-refractivity contribution < 1.29 is 14.3 Å². The van der Waals surface area contributed by atoms with Crippen molar-refractivity contribution in [2.24, 2.45) is 5.92 Å². The van der Waals surface area contributed by atoms with Crippen molar-refractivity contribution in [3.8, 4) is 5.88 Å². The fraction of sp³-hybridized carbons (Fsp3) is 0.684. The molecule has 0 radical (unpaired) electrons. The SMILES string of the molecule is O=C(NCc1ccc(OC2CCCC2)nc1)N[C@@H]1CCO[C@@H]1C1CC1. The van der Waals surface area contributed by atoms with Crippen LogP contribution in [0.4, 0.5) is 4.79 Å². The molecule has 3 aliphatic rings. The molecule has 2 atom stereocenters. The topological polar surface area (TPSA) is 72.5 Å². The summed E-state index contributed by atoms with van der Waals surface area (Å²) in [6.45, 7) is 1.21. The third-order valence-corrected chi connectivity index (χ3v) is 5.38. The van der Waals surface area contributed by atoms with Gasteiger partial charge in [0.1, 0.15) is 6.10 Å². The molecule has 2 amide bonds. The van der Waals surface area contributed by atoms with Crippen molar-refractivity contribution in [3.63, 3.8) is 0 Å². The lowest BCUT2D eigenvalue weighted by molar-refractivity contribution is 0.0825. The van der Waals surface area contributed by atoms with E-state index in [0.29, 0.717) is 24.4 Å². The van der Waals surface area contributed by atoms with E-state index in [2.05, 4.69) is 15.6 Å². The zero-order valence-corrected chi connectivity index (χ0v) is 14.6. The van der Waals surface area contributed by atoms with Crippen LogP contribution < -0.4 is 15.4 Å². The number of ether oxygens (including phenoxy) is 2. The van der Waals surface area contributed by atoms with Crippen LogP contribution in [0, 0.1) is 5.92 Å². The zero-order valence-electron chi connectivity index (χ0n) is 14.6. The van der Waals surface area contributed by atoms with E-state index in [9.17, 15) is 4.79 Å². The molecular weight excluding hydrogens is 318 g/mol. The third-order valence-electron chi connectivity index (χ3n) is 5.38. The fourth-order valence-corrected chi connectivity index (χ4v) is 3.82. The number of aromatic nitrogens is 1. The summed E-state index contributed by atoms with van der Waals surface area (Å²) in [5.74, 6) is 1.32. The van der Waals surface area contributed by atoms with Crippen LogP contribution in [0.3, 0.4) is 0 Å². The number of pyridine rings is 1. The van der Waals surface area contributed by atoms with Crippen molar-refractivity contribution in [1.82, 2.24) is 15.6 Å². The number of urea groups is 1. The molecule has 1 saturated heterocycles. The van der Waals surface area contributed by atoms with Crippen LogP contribution in [0.25, 0.3) is 0 Å². The molecule has 3 fully saturated rings. The molecule has 2 aliphatic carbocycles. The molecule has 6 nitrogen and oxygen atoms in total. The van der Waals surface area contributed by atoms with E-state index < -0.39 is 0 Å². The molecule has 1 aromatic heterocycles. The van der Waals surface area contributed by atoms with E-state index in [4.69, 9.17) is 9.47 Å². The maximum absolute atomic E-state index is 12.1. The highest BCUT2D eigenvalue weighted by Gasteiger charge is 2.41. The minimum atomic E-state index is -0.132. The van der Waals surface area contributed by atoms with Crippen molar-refractivity contribution >= 4 is 6.03 Å². The predicted octanol–water partition coefficient (Wildman–Crippen LogP) is 2.77. The summed E-state index contributed by atoms with van der Waals surface area (Å²) in [6, 6.07) is 3.87. The van der Waals surface area contributed by atoms with Crippen LogP contribution >= 0.6 is 0 Å². The van der Waals surface area contributed by atoms with E-state index in [-0.39, 0.29) is 18.2 Å². The molecule has 1 aromatic rings. The smallest absolute Gasteiger partial charge is 0.315 e. The Bertz CT molecular complexity index is 582. The van der Waals surface area contributed by atoms with Crippen LogP contribution in [0.5, 0.6) is 5.88 Å². The van der Waals surface area contributed by atoms with Gasteiger partial charge in [-0.3, -0.25) is 0 Å². The lowest BCUT2D eigenvalue weighted by atomic mass is 10.1.